The number of H-pyrrole nitrogens is 1. The van der Waals surface area contributed by atoms with Crippen LogP contribution in [0.4, 0.5) is 4.79 Å². The number of hydrogen-bond donors (Lipinski definition) is 4. The average molecular weight is 685 g/mol. The highest BCUT2D eigenvalue weighted by Gasteiger charge is 2.44. The number of nitrogens with one attached hydrogen (secondary N) is 2. The molecule has 1 amide bonds. The van der Waals surface area contributed by atoms with E-state index in [1.165, 1.54) is 16.4 Å². The molecular weight excluding hydrogens is 636 g/mol. The molecule has 48 heavy (non-hydrogen) atoms. The van der Waals surface area contributed by atoms with E-state index >= 15 is 0 Å². The first-order chi connectivity index (χ1) is 22.8. The van der Waals surface area contributed by atoms with Gasteiger partial charge >= 0.3 is 6.09 Å². The van der Waals surface area contributed by atoms with Crippen LogP contribution in [0.1, 0.15) is 52.2 Å². The monoisotopic (exact) mass is 684 g/mol. The minimum atomic E-state index is -4.14. The van der Waals surface area contributed by atoms with Crippen LogP contribution in [0.5, 0.6) is 5.88 Å². The fourth-order valence-electron chi connectivity index (χ4n) is 6.27. The first-order valence-electron chi connectivity index (χ1n) is 16.6. The van der Waals surface area contributed by atoms with E-state index < -0.39 is 34.4 Å². The Morgan fingerprint density at radius 3 is 2.56 bits per heavy atom. The fraction of sp³-hybridized carbons (Fsp3) is 0.543. The van der Waals surface area contributed by atoms with E-state index in [-0.39, 0.29) is 55.0 Å². The van der Waals surface area contributed by atoms with Crippen molar-refractivity contribution < 1.29 is 37.6 Å². The Balaban J connectivity index is 1.40. The first-order valence-corrected chi connectivity index (χ1v) is 18.1. The molecule has 2 fully saturated rings. The second kappa shape index (κ2) is 15.4. The SMILES string of the molecule is CC(=NCC(C)C)c1c(O)[nH]c2ccc(S(=O)(=O)N(CC(C)C)CC(O)C(Cc3ccccc3)NC(=O)OC3COC4OCCC34)cc12. The molecule has 2 aliphatic heterocycles. The number of aromatic amines is 1. The van der Waals surface area contributed by atoms with Crippen LogP contribution in [0.25, 0.3) is 10.9 Å². The number of ether oxygens (including phenoxy) is 3. The predicted octanol–water partition coefficient (Wildman–Crippen LogP) is 4.45. The van der Waals surface area contributed by atoms with Crippen LogP contribution < -0.4 is 5.32 Å². The van der Waals surface area contributed by atoms with Crippen LogP contribution >= 0.6 is 0 Å². The molecule has 4 N–H and O–H groups in total. The summed E-state index contributed by atoms with van der Waals surface area (Å²) in [5, 5.41) is 25.7. The molecule has 5 rings (SSSR count). The van der Waals surface area contributed by atoms with Gasteiger partial charge in [-0.2, -0.15) is 4.31 Å². The van der Waals surface area contributed by atoms with Gasteiger partial charge in [0.15, 0.2) is 12.2 Å². The Labute approximate surface area is 282 Å². The summed E-state index contributed by atoms with van der Waals surface area (Å²) in [6, 6.07) is 13.1. The summed E-state index contributed by atoms with van der Waals surface area (Å²) in [6.07, 6.45) is -1.89. The largest absolute Gasteiger partial charge is 0.494 e. The van der Waals surface area contributed by atoms with Crippen molar-refractivity contribution >= 4 is 32.7 Å². The molecule has 3 heterocycles. The molecule has 5 atom stereocenters. The Hall–Kier alpha value is -3.49. The van der Waals surface area contributed by atoms with Crippen LogP contribution in [0.3, 0.4) is 0 Å². The van der Waals surface area contributed by atoms with Crippen molar-refractivity contribution in [3.8, 4) is 5.88 Å². The number of aliphatic imine (C=N–C) groups is 1. The number of aromatic nitrogens is 1. The molecule has 5 unspecified atom stereocenters. The molecule has 2 aromatic carbocycles. The van der Waals surface area contributed by atoms with Gasteiger partial charge in [-0.15, -0.1) is 0 Å². The standard InChI is InChI=1S/C35H48N4O8S/c1-21(2)17-36-23(5)32-27-16-25(11-12-28(27)37-33(32)41)48(43,44)39(18-22(3)4)19-30(40)29(15-24-9-7-6-8-10-24)38-35(42)47-31-20-46-34-26(31)13-14-45-34/h6-12,16,21-22,26,29-31,34,37,40-41H,13-15,17-20H2,1-5H3,(H,38,42). The Bertz CT molecular complexity index is 1690. The molecule has 12 nitrogen and oxygen atoms in total. The van der Waals surface area contributed by atoms with Gasteiger partial charge in [-0.05, 0) is 55.4 Å². The topological polar surface area (TPSA) is 163 Å². The van der Waals surface area contributed by atoms with Gasteiger partial charge in [0, 0.05) is 36.2 Å². The lowest BCUT2D eigenvalue weighted by Crippen LogP contribution is -2.51. The minimum absolute atomic E-state index is 0.0151. The number of nitrogens with zero attached hydrogens (tertiary/aromatic N) is 2. The molecule has 2 saturated heterocycles. The van der Waals surface area contributed by atoms with E-state index in [0.29, 0.717) is 41.2 Å². The van der Waals surface area contributed by atoms with Crippen molar-refractivity contribution in [3.05, 3.63) is 59.7 Å². The zero-order valence-electron chi connectivity index (χ0n) is 28.3. The first kappa shape index (κ1) is 35.8. The molecule has 13 heteroatoms. The molecule has 3 aromatic rings. The number of carbonyl (C=O) groups excluding carboxylic acids is 1. The van der Waals surface area contributed by atoms with Crippen LogP contribution in [0, 0.1) is 17.8 Å². The summed E-state index contributed by atoms with van der Waals surface area (Å²) >= 11 is 0. The van der Waals surface area contributed by atoms with Crippen LogP contribution in [-0.4, -0.2) is 97.1 Å². The third-order valence-corrected chi connectivity index (χ3v) is 10.5. The van der Waals surface area contributed by atoms with Crippen LogP contribution in [0.2, 0.25) is 0 Å². The maximum Gasteiger partial charge on any atom is 0.407 e. The minimum Gasteiger partial charge on any atom is -0.494 e. The van der Waals surface area contributed by atoms with Gasteiger partial charge in [0.1, 0.15) is 6.10 Å². The van der Waals surface area contributed by atoms with Crippen molar-refractivity contribution in [3.63, 3.8) is 0 Å². The van der Waals surface area contributed by atoms with Gasteiger partial charge in [-0.3, -0.25) is 4.99 Å². The lowest BCUT2D eigenvalue weighted by atomic mass is 10.0. The summed E-state index contributed by atoms with van der Waals surface area (Å²) in [5.41, 5.74) is 2.48. The lowest BCUT2D eigenvalue weighted by Gasteiger charge is -2.31. The number of carbonyl (C=O) groups is 1. The Kier molecular flexibility index (Phi) is 11.5. The molecule has 262 valence electrons. The second-order valence-corrected chi connectivity index (χ2v) is 15.5. The quantitative estimate of drug-likeness (QED) is 0.181. The van der Waals surface area contributed by atoms with Crippen molar-refractivity contribution in [2.24, 2.45) is 22.7 Å². The number of hydrogen-bond acceptors (Lipinski definition) is 9. The van der Waals surface area contributed by atoms with E-state index in [9.17, 15) is 23.4 Å². The molecular formula is C35H48N4O8S. The molecule has 0 spiro atoms. The van der Waals surface area contributed by atoms with Gasteiger partial charge in [0.25, 0.3) is 0 Å². The molecule has 0 bridgehead atoms. The summed E-state index contributed by atoms with van der Waals surface area (Å²) in [4.78, 5) is 20.7. The summed E-state index contributed by atoms with van der Waals surface area (Å²) < 4.78 is 46.6. The normalized spacial score (nSPS) is 21.3. The van der Waals surface area contributed by atoms with Crippen LogP contribution in [-0.2, 0) is 30.7 Å². The highest BCUT2D eigenvalue weighted by molar-refractivity contribution is 7.89. The lowest BCUT2D eigenvalue weighted by molar-refractivity contribution is -0.0907. The van der Waals surface area contributed by atoms with E-state index in [1.807, 2.05) is 58.0 Å². The van der Waals surface area contributed by atoms with E-state index in [2.05, 4.69) is 15.3 Å². The number of alkyl carbamates (subject to hydrolysis) is 1. The number of aliphatic hydroxyl groups is 1. The van der Waals surface area contributed by atoms with Gasteiger partial charge in [-0.25, -0.2) is 13.2 Å². The highest BCUT2D eigenvalue weighted by atomic mass is 32.2. The Morgan fingerprint density at radius 2 is 1.85 bits per heavy atom. The summed E-state index contributed by atoms with van der Waals surface area (Å²) in [7, 11) is -4.14. The van der Waals surface area contributed by atoms with Gasteiger partial charge in [-0.1, -0.05) is 58.0 Å². The van der Waals surface area contributed by atoms with Gasteiger partial charge in [0.2, 0.25) is 10.0 Å². The van der Waals surface area contributed by atoms with E-state index in [1.54, 1.807) is 13.0 Å². The average Bonchev–Trinajstić information content (AvgIpc) is 3.74. The van der Waals surface area contributed by atoms with Crippen molar-refractivity contribution in [2.75, 3.05) is 32.8 Å². The number of rotatable bonds is 14. The summed E-state index contributed by atoms with van der Waals surface area (Å²) in [6.45, 7) is 10.8. The number of aliphatic hydroxyl groups excluding tert-OH is 1. The third-order valence-electron chi connectivity index (χ3n) is 8.71. The Morgan fingerprint density at radius 1 is 1.10 bits per heavy atom. The van der Waals surface area contributed by atoms with Gasteiger partial charge in [0.05, 0.1) is 41.7 Å². The third kappa shape index (κ3) is 8.38. The molecule has 0 radical (unpaired) electrons. The number of aromatic hydroxyl groups is 1. The maximum absolute atomic E-state index is 14.3. The second-order valence-electron chi connectivity index (χ2n) is 13.6. The van der Waals surface area contributed by atoms with Crippen molar-refractivity contribution in [1.82, 2.24) is 14.6 Å². The van der Waals surface area contributed by atoms with Crippen molar-refractivity contribution in [1.29, 1.82) is 0 Å². The molecule has 0 aliphatic carbocycles. The number of amides is 1. The number of sulfonamides is 1. The summed E-state index contributed by atoms with van der Waals surface area (Å²) in [5.74, 6) is 0.112. The van der Waals surface area contributed by atoms with E-state index in [0.717, 1.165) is 12.0 Å². The van der Waals surface area contributed by atoms with Crippen molar-refractivity contribution in [2.45, 2.75) is 76.9 Å². The molecule has 1 aromatic heterocycles. The molecule has 0 saturated carbocycles. The van der Waals surface area contributed by atoms with Gasteiger partial charge < -0.3 is 34.7 Å². The number of fused-ring (bicyclic) bond motifs is 2. The predicted molar refractivity (Wildman–Crippen MR) is 183 cm³/mol. The zero-order chi connectivity index (χ0) is 34.6. The molecule has 2 aliphatic rings. The smallest absolute Gasteiger partial charge is 0.407 e. The van der Waals surface area contributed by atoms with Crippen LogP contribution in [0.15, 0.2) is 58.4 Å². The van der Waals surface area contributed by atoms with E-state index in [4.69, 9.17) is 14.2 Å². The highest BCUT2D eigenvalue weighted by Crippen LogP contribution is 2.33. The number of benzene rings is 2. The zero-order valence-corrected chi connectivity index (χ0v) is 29.1. The fourth-order valence-corrected chi connectivity index (χ4v) is 7.92. The maximum atomic E-state index is 14.3.